The molecule has 2 N–H and O–H groups in total. The average Bonchev–Trinajstić information content (AvgIpc) is 3.51. The molecule has 2 aromatic heterocycles. The van der Waals surface area contributed by atoms with Crippen molar-refractivity contribution in [3.8, 4) is 16.5 Å². The van der Waals surface area contributed by atoms with Crippen LogP contribution in [0.2, 0.25) is 5.02 Å². The maximum Gasteiger partial charge on any atom is 0.210 e. The van der Waals surface area contributed by atoms with Crippen LogP contribution in [0.5, 0.6) is 5.75 Å². The van der Waals surface area contributed by atoms with Crippen LogP contribution in [0.4, 0.5) is 22.2 Å². The molecule has 4 heterocycles. The van der Waals surface area contributed by atoms with E-state index < -0.39 is 0 Å². The van der Waals surface area contributed by atoms with E-state index in [0.717, 1.165) is 60.2 Å². The molecule has 1 spiro atoms. The standard InChI is InChI=1S/C30H34ClN7OS/c1-29(2,3)17-24-30(11-13-32-14-12-30)25-19(31)9-10-23(39-4)26(25)38(24)22-8-6-5-7-20(22)35-28-37-36-27(40-28)21-18-33-15-16-34-21/h5-10,15-16,18,24,32H,11-14,17H2,1-4H3,(H,35,37). The van der Waals surface area contributed by atoms with Crippen LogP contribution in [-0.4, -0.2) is 46.4 Å². The number of fused-ring (bicyclic) bond motifs is 2. The SMILES string of the molecule is COc1ccc(Cl)c2c1N(c1ccccc1Nc1nnc(-c3cnccn3)s1)C(CC(C)(C)C)C21CCNCC1. The fourth-order valence-corrected chi connectivity index (χ4v) is 7.36. The van der Waals surface area contributed by atoms with Crippen molar-refractivity contribution in [2.75, 3.05) is 30.4 Å². The Hall–Kier alpha value is -3.27. The second-order valence-corrected chi connectivity index (χ2v) is 13.1. The fourth-order valence-electron chi connectivity index (χ4n) is 6.30. The number of nitrogens with one attached hydrogen (secondary N) is 2. The van der Waals surface area contributed by atoms with E-state index in [1.54, 1.807) is 25.7 Å². The zero-order chi connectivity index (χ0) is 27.9. The molecule has 1 saturated heterocycles. The summed E-state index contributed by atoms with van der Waals surface area (Å²) < 4.78 is 6.02. The van der Waals surface area contributed by atoms with Gasteiger partial charge in [-0.05, 0) is 62.0 Å². The third-order valence-electron chi connectivity index (χ3n) is 7.91. The Balaban J connectivity index is 1.49. The number of halogens is 1. The first-order valence-electron chi connectivity index (χ1n) is 13.6. The summed E-state index contributed by atoms with van der Waals surface area (Å²) in [6.07, 6.45) is 8.03. The van der Waals surface area contributed by atoms with Gasteiger partial charge in [0.25, 0.3) is 0 Å². The van der Waals surface area contributed by atoms with Crippen LogP contribution in [0.15, 0.2) is 55.0 Å². The van der Waals surface area contributed by atoms with Crippen molar-refractivity contribution >= 4 is 45.1 Å². The molecular weight excluding hydrogens is 542 g/mol. The molecule has 0 saturated carbocycles. The Morgan fingerprint density at radius 2 is 1.93 bits per heavy atom. The van der Waals surface area contributed by atoms with E-state index in [1.807, 2.05) is 18.2 Å². The van der Waals surface area contributed by atoms with Crippen LogP contribution in [-0.2, 0) is 5.41 Å². The molecule has 2 aliphatic heterocycles. The predicted octanol–water partition coefficient (Wildman–Crippen LogP) is 6.98. The van der Waals surface area contributed by atoms with Gasteiger partial charge in [0.15, 0.2) is 5.01 Å². The molecule has 8 nitrogen and oxygen atoms in total. The molecule has 10 heteroatoms. The molecular formula is C30H34ClN7OS. The Morgan fingerprint density at radius 3 is 2.65 bits per heavy atom. The first kappa shape index (κ1) is 26.9. The van der Waals surface area contributed by atoms with Gasteiger partial charge in [0.2, 0.25) is 5.13 Å². The normalized spacial score (nSPS) is 18.1. The minimum Gasteiger partial charge on any atom is -0.495 e. The van der Waals surface area contributed by atoms with Crippen LogP contribution in [0.1, 0.15) is 45.6 Å². The Bertz CT molecular complexity index is 1500. The number of methoxy groups -OCH3 is 1. The number of nitrogens with zero attached hydrogens (tertiary/aromatic N) is 5. The molecule has 2 aliphatic rings. The third-order valence-corrected chi connectivity index (χ3v) is 9.09. The summed E-state index contributed by atoms with van der Waals surface area (Å²) in [5, 5.41) is 18.2. The maximum absolute atomic E-state index is 7.10. The zero-order valence-electron chi connectivity index (χ0n) is 23.2. The molecule has 208 valence electrons. The molecule has 0 amide bonds. The summed E-state index contributed by atoms with van der Waals surface area (Å²) in [6, 6.07) is 12.6. The minimum atomic E-state index is -0.103. The highest BCUT2D eigenvalue weighted by Crippen LogP contribution is 2.61. The molecule has 1 atom stereocenters. The van der Waals surface area contributed by atoms with Gasteiger partial charge in [-0.2, -0.15) is 0 Å². The first-order valence-corrected chi connectivity index (χ1v) is 14.8. The second-order valence-electron chi connectivity index (χ2n) is 11.7. The monoisotopic (exact) mass is 575 g/mol. The summed E-state index contributed by atoms with van der Waals surface area (Å²) in [4.78, 5) is 11.0. The number of hydrogen-bond donors (Lipinski definition) is 2. The number of anilines is 4. The lowest BCUT2D eigenvalue weighted by Crippen LogP contribution is -2.50. The highest BCUT2D eigenvalue weighted by Gasteiger charge is 2.55. The van der Waals surface area contributed by atoms with Gasteiger partial charge in [0.1, 0.15) is 11.4 Å². The van der Waals surface area contributed by atoms with Gasteiger partial charge in [-0.3, -0.25) is 9.97 Å². The topological polar surface area (TPSA) is 88.1 Å². The highest BCUT2D eigenvalue weighted by molar-refractivity contribution is 7.18. The number of para-hydroxylation sites is 2. The van der Waals surface area contributed by atoms with Crippen LogP contribution < -0.4 is 20.3 Å². The number of hydrogen-bond acceptors (Lipinski definition) is 9. The smallest absolute Gasteiger partial charge is 0.210 e. The molecule has 2 aromatic carbocycles. The van der Waals surface area contributed by atoms with E-state index in [4.69, 9.17) is 16.3 Å². The van der Waals surface area contributed by atoms with Gasteiger partial charge in [0.05, 0.1) is 30.4 Å². The molecule has 6 rings (SSSR count). The molecule has 0 aliphatic carbocycles. The average molecular weight is 576 g/mol. The van der Waals surface area contributed by atoms with E-state index in [9.17, 15) is 0 Å². The number of aromatic nitrogens is 4. The first-order chi connectivity index (χ1) is 19.3. The van der Waals surface area contributed by atoms with Crippen molar-refractivity contribution < 1.29 is 4.74 Å². The van der Waals surface area contributed by atoms with E-state index in [1.165, 1.54) is 16.9 Å². The fraction of sp³-hybridized carbons (Fsp3) is 0.400. The van der Waals surface area contributed by atoms with Gasteiger partial charge in [-0.1, -0.05) is 55.8 Å². The number of ether oxygens (including phenoxy) is 1. The number of benzene rings is 2. The van der Waals surface area contributed by atoms with Gasteiger partial charge in [-0.25, -0.2) is 0 Å². The summed E-state index contributed by atoms with van der Waals surface area (Å²) in [5.41, 5.74) is 4.97. The van der Waals surface area contributed by atoms with Gasteiger partial charge in [-0.15, -0.1) is 10.2 Å². The van der Waals surface area contributed by atoms with Crippen molar-refractivity contribution in [3.63, 3.8) is 0 Å². The van der Waals surface area contributed by atoms with Crippen LogP contribution >= 0.6 is 22.9 Å². The van der Waals surface area contributed by atoms with Gasteiger partial charge in [0, 0.05) is 34.4 Å². The molecule has 1 fully saturated rings. The largest absolute Gasteiger partial charge is 0.495 e. The molecule has 0 radical (unpaired) electrons. The van der Waals surface area contributed by atoms with Crippen LogP contribution in [0.3, 0.4) is 0 Å². The van der Waals surface area contributed by atoms with Gasteiger partial charge >= 0.3 is 0 Å². The molecule has 1 unspecified atom stereocenters. The minimum absolute atomic E-state index is 0.0930. The lowest BCUT2D eigenvalue weighted by atomic mass is 9.66. The Kier molecular flexibility index (Phi) is 7.14. The second kappa shape index (κ2) is 10.6. The Morgan fingerprint density at radius 1 is 1.12 bits per heavy atom. The van der Waals surface area contributed by atoms with Crippen molar-refractivity contribution in [2.24, 2.45) is 5.41 Å². The number of piperidine rings is 1. The van der Waals surface area contributed by atoms with Gasteiger partial charge < -0.3 is 20.3 Å². The molecule has 0 bridgehead atoms. The molecule has 40 heavy (non-hydrogen) atoms. The molecule has 4 aromatic rings. The van der Waals surface area contributed by atoms with Crippen molar-refractivity contribution in [3.05, 3.63) is 65.6 Å². The summed E-state index contributed by atoms with van der Waals surface area (Å²) in [7, 11) is 1.74. The van der Waals surface area contributed by atoms with Crippen molar-refractivity contribution in [2.45, 2.75) is 51.5 Å². The van der Waals surface area contributed by atoms with E-state index >= 15 is 0 Å². The lowest BCUT2D eigenvalue weighted by molar-refractivity contribution is 0.216. The quantitative estimate of drug-likeness (QED) is 0.255. The van der Waals surface area contributed by atoms with Crippen molar-refractivity contribution in [1.29, 1.82) is 0 Å². The summed E-state index contributed by atoms with van der Waals surface area (Å²) in [6.45, 7) is 8.87. The zero-order valence-corrected chi connectivity index (χ0v) is 24.8. The predicted molar refractivity (Wildman–Crippen MR) is 162 cm³/mol. The van der Waals surface area contributed by atoms with Crippen molar-refractivity contribution in [1.82, 2.24) is 25.5 Å². The third kappa shape index (κ3) is 4.80. The van der Waals surface area contributed by atoms with Crippen LogP contribution in [0.25, 0.3) is 10.7 Å². The van der Waals surface area contributed by atoms with E-state index in [-0.39, 0.29) is 16.9 Å². The van der Waals surface area contributed by atoms with E-state index in [2.05, 4.69) is 74.7 Å². The van der Waals surface area contributed by atoms with E-state index in [0.29, 0.717) is 15.8 Å². The summed E-state index contributed by atoms with van der Waals surface area (Å²) in [5.74, 6) is 0.837. The lowest BCUT2D eigenvalue weighted by Gasteiger charge is -2.45. The number of rotatable bonds is 6. The maximum atomic E-state index is 7.10. The Labute approximate surface area is 244 Å². The summed E-state index contributed by atoms with van der Waals surface area (Å²) >= 11 is 8.55. The highest BCUT2D eigenvalue weighted by atomic mass is 35.5. The van der Waals surface area contributed by atoms with Crippen LogP contribution in [0, 0.1) is 5.41 Å².